The Balaban J connectivity index is 1.48. The number of amides is 1. The molecule has 0 saturated carbocycles. The lowest BCUT2D eigenvalue weighted by Crippen LogP contribution is -2.46. The van der Waals surface area contributed by atoms with Crippen LogP contribution in [0.15, 0.2) is 36.5 Å². The number of aromatic nitrogens is 3. The molecule has 0 fully saturated rings. The Kier molecular flexibility index (Phi) is 7.89. The fraction of sp³-hybridized carbons (Fsp3) is 0.375. The van der Waals surface area contributed by atoms with Crippen molar-refractivity contribution < 1.29 is 18.7 Å². The van der Waals surface area contributed by atoms with E-state index in [2.05, 4.69) is 35.3 Å². The first kappa shape index (κ1) is 26.4. The quantitative estimate of drug-likeness (QED) is 0.266. The van der Waals surface area contributed by atoms with Crippen LogP contribution in [0, 0.1) is 5.82 Å². The topological polar surface area (TPSA) is 81.5 Å². The second-order valence-corrected chi connectivity index (χ2v) is 16.3. The number of carbonyl (C=O) groups is 1. The molecule has 4 rings (SSSR count). The van der Waals surface area contributed by atoms with Crippen molar-refractivity contribution in [1.29, 1.82) is 0 Å². The van der Waals surface area contributed by atoms with Gasteiger partial charge in [0, 0.05) is 34.2 Å². The summed E-state index contributed by atoms with van der Waals surface area (Å²) in [5, 5.41) is 11.9. The van der Waals surface area contributed by atoms with Gasteiger partial charge >= 0.3 is 0 Å². The average Bonchev–Trinajstić information content (AvgIpc) is 3.25. The lowest BCUT2D eigenvalue weighted by molar-refractivity contribution is -0.119. The molecular formula is C24H28Cl2FN5O3Si. The molecule has 0 radical (unpaired) electrons. The molecule has 2 heterocycles. The van der Waals surface area contributed by atoms with Crippen molar-refractivity contribution >= 4 is 48.7 Å². The van der Waals surface area contributed by atoms with Crippen molar-refractivity contribution in [3.05, 3.63) is 58.0 Å². The molecule has 2 aromatic carbocycles. The molecule has 1 atom stereocenters. The Labute approximate surface area is 220 Å². The van der Waals surface area contributed by atoms with Crippen LogP contribution in [-0.4, -0.2) is 48.7 Å². The molecule has 0 saturated heterocycles. The molecule has 0 spiro atoms. The zero-order valence-electron chi connectivity index (χ0n) is 20.5. The maximum atomic E-state index is 13.8. The number of nitrogens with one attached hydrogen (secondary N) is 1. The predicted octanol–water partition coefficient (Wildman–Crippen LogP) is 5.83. The van der Waals surface area contributed by atoms with E-state index in [9.17, 15) is 9.18 Å². The minimum Gasteiger partial charge on any atom is -0.452 e. The highest BCUT2D eigenvalue weighted by molar-refractivity contribution is 6.76. The first-order valence-corrected chi connectivity index (χ1v) is 15.9. The van der Waals surface area contributed by atoms with Crippen LogP contribution in [0.5, 0.6) is 11.5 Å². The monoisotopic (exact) mass is 551 g/mol. The predicted molar refractivity (Wildman–Crippen MR) is 142 cm³/mol. The van der Waals surface area contributed by atoms with Crippen LogP contribution in [0.4, 0.5) is 15.9 Å². The number of anilines is 2. The molecule has 36 heavy (non-hydrogen) atoms. The summed E-state index contributed by atoms with van der Waals surface area (Å²) in [4.78, 5) is 14.7. The summed E-state index contributed by atoms with van der Waals surface area (Å²) in [6, 6.07) is 7.80. The van der Waals surface area contributed by atoms with E-state index in [0.717, 1.165) is 11.6 Å². The standard InChI is InChI=1S/C24H28Cl2FN5O3Si/c1-31-22-15(5-7-18(26)23(22)35-20-12-16(27)6-8-17(20)25)11-19(24(31)33)28-21-13-32(30-29-21)14-34-9-10-36(2,3)4/h5-8,12-13,19,28H,9-11,14H2,1-4H3/t19-/m1/s1. The van der Waals surface area contributed by atoms with Crippen molar-refractivity contribution in [1.82, 2.24) is 15.0 Å². The lowest BCUT2D eigenvalue weighted by Gasteiger charge is -2.33. The molecule has 1 amide bonds. The number of ether oxygens (including phenoxy) is 2. The molecular weight excluding hydrogens is 524 g/mol. The molecule has 0 unspecified atom stereocenters. The van der Waals surface area contributed by atoms with Gasteiger partial charge in [0.25, 0.3) is 0 Å². The number of hydrogen-bond donors (Lipinski definition) is 1. The SMILES string of the molecule is CN1C(=O)[C@H](Nc2cn(COCC[Si](C)(C)C)nn2)Cc2ccc(Cl)c(Oc3cc(F)ccc3Cl)c21. The first-order valence-electron chi connectivity index (χ1n) is 11.5. The third kappa shape index (κ3) is 6.18. The van der Waals surface area contributed by atoms with E-state index in [-0.39, 0.29) is 27.5 Å². The van der Waals surface area contributed by atoms with Crippen LogP contribution in [0.3, 0.4) is 0 Å². The largest absolute Gasteiger partial charge is 0.452 e. The van der Waals surface area contributed by atoms with Gasteiger partial charge in [-0.05, 0) is 29.8 Å². The van der Waals surface area contributed by atoms with Crippen molar-refractivity contribution in [2.45, 2.75) is 44.9 Å². The molecule has 12 heteroatoms. The van der Waals surface area contributed by atoms with Crippen LogP contribution >= 0.6 is 23.2 Å². The molecule has 0 aliphatic carbocycles. The van der Waals surface area contributed by atoms with E-state index < -0.39 is 19.9 Å². The second-order valence-electron chi connectivity index (χ2n) is 9.85. The molecule has 3 aromatic rings. The van der Waals surface area contributed by atoms with E-state index in [4.69, 9.17) is 32.7 Å². The van der Waals surface area contributed by atoms with Gasteiger partial charge in [0.05, 0.1) is 21.9 Å². The molecule has 8 nitrogen and oxygen atoms in total. The Morgan fingerprint density at radius 2 is 1.94 bits per heavy atom. The van der Waals surface area contributed by atoms with E-state index in [1.807, 2.05) is 6.07 Å². The van der Waals surface area contributed by atoms with Gasteiger partial charge in [0.15, 0.2) is 11.6 Å². The normalized spacial score (nSPS) is 15.7. The summed E-state index contributed by atoms with van der Waals surface area (Å²) in [5.74, 6) is 0.101. The lowest BCUT2D eigenvalue weighted by atomic mass is 9.97. The Morgan fingerprint density at radius 3 is 2.69 bits per heavy atom. The maximum Gasteiger partial charge on any atom is 0.249 e. The van der Waals surface area contributed by atoms with Gasteiger partial charge in [-0.25, -0.2) is 9.07 Å². The second kappa shape index (κ2) is 10.8. The summed E-state index contributed by atoms with van der Waals surface area (Å²) in [7, 11) is 0.470. The summed E-state index contributed by atoms with van der Waals surface area (Å²) < 4.78 is 27.0. The first-order chi connectivity index (χ1) is 17.0. The number of rotatable bonds is 9. The van der Waals surface area contributed by atoms with Gasteiger partial charge in [-0.3, -0.25) is 4.79 Å². The molecule has 1 aromatic heterocycles. The molecule has 1 aliphatic rings. The number of carbonyl (C=O) groups excluding carboxylic acids is 1. The van der Waals surface area contributed by atoms with Gasteiger partial charge in [0.2, 0.25) is 5.91 Å². The molecule has 192 valence electrons. The summed E-state index contributed by atoms with van der Waals surface area (Å²) in [6.45, 7) is 7.86. The highest BCUT2D eigenvalue weighted by atomic mass is 35.5. The average molecular weight is 553 g/mol. The van der Waals surface area contributed by atoms with Crippen molar-refractivity contribution in [2.75, 3.05) is 23.9 Å². The summed E-state index contributed by atoms with van der Waals surface area (Å²) >= 11 is 12.6. The van der Waals surface area contributed by atoms with Gasteiger partial charge in [-0.1, -0.05) is 54.1 Å². The van der Waals surface area contributed by atoms with Crippen molar-refractivity contribution in [2.24, 2.45) is 0 Å². The minimum atomic E-state index is -1.16. The van der Waals surface area contributed by atoms with Gasteiger partial charge in [-0.2, -0.15) is 0 Å². The van der Waals surface area contributed by atoms with E-state index in [1.165, 1.54) is 23.1 Å². The number of nitrogens with zero attached hydrogens (tertiary/aromatic N) is 4. The number of hydrogen-bond acceptors (Lipinski definition) is 6. The molecule has 1 aliphatic heterocycles. The Morgan fingerprint density at radius 1 is 1.19 bits per heavy atom. The van der Waals surface area contributed by atoms with Crippen LogP contribution in [0.1, 0.15) is 5.56 Å². The smallest absolute Gasteiger partial charge is 0.249 e. The van der Waals surface area contributed by atoms with Crippen LogP contribution < -0.4 is 15.0 Å². The van der Waals surface area contributed by atoms with Crippen LogP contribution in [0.25, 0.3) is 0 Å². The highest BCUT2D eigenvalue weighted by Crippen LogP contribution is 2.45. The zero-order valence-corrected chi connectivity index (χ0v) is 23.0. The number of likely N-dealkylation sites (N-methyl/N-ethyl adjacent to an activating group) is 1. The third-order valence-corrected chi connectivity index (χ3v) is 8.06. The van der Waals surface area contributed by atoms with Gasteiger partial charge in [-0.15, -0.1) is 5.10 Å². The minimum absolute atomic E-state index is 0.108. The molecule has 1 N–H and O–H groups in total. The maximum absolute atomic E-state index is 13.8. The van der Waals surface area contributed by atoms with Crippen LogP contribution in [-0.2, 0) is 22.7 Å². The zero-order chi connectivity index (χ0) is 26.0. The van der Waals surface area contributed by atoms with E-state index >= 15 is 0 Å². The number of halogens is 3. The Bertz CT molecular complexity index is 1270. The molecule has 0 bridgehead atoms. The summed E-state index contributed by atoms with van der Waals surface area (Å²) in [6.07, 6.45) is 2.07. The van der Waals surface area contributed by atoms with E-state index in [1.54, 1.807) is 24.0 Å². The number of benzene rings is 2. The summed E-state index contributed by atoms with van der Waals surface area (Å²) in [5.41, 5.74) is 1.33. The fourth-order valence-electron chi connectivity index (χ4n) is 3.79. The van der Waals surface area contributed by atoms with E-state index in [0.29, 0.717) is 31.3 Å². The van der Waals surface area contributed by atoms with Crippen molar-refractivity contribution in [3.63, 3.8) is 0 Å². The van der Waals surface area contributed by atoms with Gasteiger partial charge in [0.1, 0.15) is 24.3 Å². The number of fused-ring (bicyclic) bond motifs is 1. The van der Waals surface area contributed by atoms with Gasteiger partial charge < -0.3 is 19.7 Å². The highest BCUT2D eigenvalue weighted by Gasteiger charge is 2.34. The Hall–Kier alpha value is -2.66. The van der Waals surface area contributed by atoms with Crippen LogP contribution in [0.2, 0.25) is 35.7 Å². The van der Waals surface area contributed by atoms with Crippen molar-refractivity contribution in [3.8, 4) is 11.5 Å². The fourth-order valence-corrected chi connectivity index (χ4v) is 4.89. The third-order valence-electron chi connectivity index (χ3n) is 5.74.